The fourth-order valence-corrected chi connectivity index (χ4v) is 16.4. The number of carbonyl (C=O) groups is 1. The maximum Gasteiger partial charge on any atom is 0.150 e. The molecule has 542 valence electrons. The highest BCUT2D eigenvalue weighted by atomic mass is 16.5. The average Bonchev–Trinajstić information content (AvgIpc) is 0.700. The number of methoxy groups -OCH3 is 7. The minimum absolute atomic E-state index is 0.627. The molecular formula is C104H78O8. The van der Waals surface area contributed by atoms with Gasteiger partial charge in [0.05, 0.1) is 49.8 Å². The predicted molar refractivity (Wildman–Crippen MR) is 464 cm³/mol. The summed E-state index contributed by atoms with van der Waals surface area (Å²) in [5, 5.41) is 13.2. The van der Waals surface area contributed by atoms with Gasteiger partial charge in [-0.05, 0) is 261 Å². The van der Waals surface area contributed by atoms with Gasteiger partial charge in [-0.2, -0.15) is 0 Å². The fourth-order valence-electron chi connectivity index (χ4n) is 16.4. The average molecular weight is 1460 g/mol. The molecule has 0 atom stereocenters. The van der Waals surface area contributed by atoms with Crippen LogP contribution in [0, 0.1) is 0 Å². The van der Waals surface area contributed by atoms with Gasteiger partial charge in [-0.3, -0.25) is 4.79 Å². The number of carbonyl (C=O) groups excluding carboxylic acids is 1. The van der Waals surface area contributed by atoms with Gasteiger partial charge in [-0.1, -0.05) is 255 Å². The molecule has 0 aromatic heterocycles. The summed E-state index contributed by atoms with van der Waals surface area (Å²) in [7, 11) is 12.0. The Labute approximate surface area is 651 Å². The third-order valence-electron chi connectivity index (χ3n) is 21.7. The SMILES string of the molecule is COc1ccc(-c2c3ccc(OC)cc3c(-c3ccc(-c4ccccc4)cc3)c3c(-c4ccc(OC)cc4)c4ccc(OC)cc4c(-c4ccc(-c5ccccc5)cc4)c23)cc1.COc1ccc(-c2c3ccc(OC)cc3c(-c3ccccc3)c3c(-c4ccc(C=O)cc4)c4ccc(OC)cc4c(-c4ccccc4)c23)cc1. The molecule has 0 aliphatic carbocycles. The number of rotatable bonds is 18. The van der Waals surface area contributed by atoms with E-state index in [2.05, 4.69) is 303 Å². The van der Waals surface area contributed by atoms with Gasteiger partial charge in [0, 0.05) is 5.56 Å². The number of fused-ring (bicyclic) bond motifs is 6. The zero-order valence-corrected chi connectivity index (χ0v) is 63.2. The molecule has 0 unspecified atom stereocenters. The molecule has 0 aliphatic heterocycles. The monoisotopic (exact) mass is 1450 g/mol. The lowest BCUT2D eigenvalue weighted by molar-refractivity contribution is 0.112. The Morgan fingerprint density at radius 2 is 0.339 bits per heavy atom. The van der Waals surface area contributed by atoms with Gasteiger partial charge in [-0.25, -0.2) is 0 Å². The first kappa shape index (κ1) is 70.8. The Bertz CT molecular complexity index is 6310. The molecule has 0 heterocycles. The molecule has 112 heavy (non-hydrogen) atoms. The van der Waals surface area contributed by atoms with E-state index in [1.807, 2.05) is 36.4 Å². The van der Waals surface area contributed by atoms with Crippen LogP contribution in [0.3, 0.4) is 0 Å². The highest BCUT2D eigenvalue weighted by molar-refractivity contribution is 6.36. The molecule has 0 bridgehead atoms. The van der Waals surface area contributed by atoms with Crippen LogP contribution < -0.4 is 33.2 Å². The summed E-state index contributed by atoms with van der Waals surface area (Å²) in [4.78, 5) is 11.8. The fraction of sp³-hybridized carbons (Fsp3) is 0.0673. The van der Waals surface area contributed by atoms with Crippen molar-refractivity contribution in [3.8, 4) is 152 Å². The largest absolute Gasteiger partial charge is 0.497 e. The van der Waals surface area contributed by atoms with Crippen molar-refractivity contribution in [2.24, 2.45) is 0 Å². The van der Waals surface area contributed by atoms with Crippen LogP contribution in [0.25, 0.3) is 176 Å². The summed E-state index contributed by atoms with van der Waals surface area (Å²) >= 11 is 0. The normalized spacial score (nSPS) is 11.2. The van der Waals surface area contributed by atoms with Gasteiger partial charge in [-0.15, -0.1) is 0 Å². The standard InChI is InChI=1S/C58H44O4.C46H34O4/c1-59-45-27-23-43(24-28-45)53-49-33-31-47(61-3)35-51(49)56(42-21-17-40(18-22-42)38-13-9-6-10-14-38)58-54(44-25-29-46(60-2)30-26-44)50-34-32-48(62-4)36-52(50)55(57(53)58)41-19-15-39(16-20-41)37-11-7-5-8-12-37;1-48-34-20-18-33(19-21-34)42-38-25-23-36(50-3)27-40(38)43(30-10-6-4-7-11-30)45-41(32-16-14-29(28-47)15-17-32)37-24-22-35(49-2)26-39(37)44(46(42)45)31-12-8-5-9-13-31/h5-36H,1-4H3;4-28H,1-3H3. The first-order chi connectivity index (χ1) is 55.2. The molecule has 0 amide bonds. The molecule has 0 fully saturated rings. The lowest BCUT2D eigenvalue weighted by Gasteiger charge is -2.26. The minimum atomic E-state index is 0.627. The van der Waals surface area contributed by atoms with Crippen LogP contribution in [0.1, 0.15) is 10.4 Å². The molecule has 0 N–H and O–H groups in total. The van der Waals surface area contributed by atoms with Crippen LogP contribution in [-0.4, -0.2) is 56.1 Å². The van der Waals surface area contributed by atoms with Gasteiger partial charge >= 0.3 is 0 Å². The van der Waals surface area contributed by atoms with Crippen LogP contribution in [0.4, 0.5) is 0 Å². The van der Waals surface area contributed by atoms with E-state index in [-0.39, 0.29) is 0 Å². The van der Waals surface area contributed by atoms with Crippen molar-refractivity contribution in [2.45, 2.75) is 0 Å². The highest BCUT2D eigenvalue weighted by Gasteiger charge is 2.30. The summed E-state index contributed by atoms with van der Waals surface area (Å²) in [6, 6.07) is 119. The number of ether oxygens (including phenoxy) is 7. The maximum absolute atomic E-state index is 11.8. The van der Waals surface area contributed by atoms with Gasteiger partial charge in [0.1, 0.15) is 46.5 Å². The number of aldehydes is 1. The van der Waals surface area contributed by atoms with Crippen molar-refractivity contribution in [1.82, 2.24) is 0 Å². The quantitative estimate of drug-likeness (QED) is 0.0621. The number of hydrogen-bond acceptors (Lipinski definition) is 8. The zero-order chi connectivity index (χ0) is 76.3. The van der Waals surface area contributed by atoms with E-state index in [1.165, 1.54) is 11.1 Å². The first-order valence-electron chi connectivity index (χ1n) is 37.3. The van der Waals surface area contributed by atoms with Crippen molar-refractivity contribution in [3.63, 3.8) is 0 Å². The Hall–Kier alpha value is -14.2. The lowest BCUT2D eigenvalue weighted by atomic mass is 9.77. The molecule has 0 radical (unpaired) electrons. The Kier molecular flexibility index (Phi) is 19.5. The second-order valence-electron chi connectivity index (χ2n) is 27.7. The third-order valence-corrected chi connectivity index (χ3v) is 21.7. The summed E-state index contributed by atoms with van der Waals surface area (Å²) in [5.74, 6) is 5.51. The van der Waals surface area contributed by atoms with Gasteiger partial charge in [0.15, 0.2) is 0 Å². The van der Waals surface area contributed by atoms with Crippen LogP contribution in [-0.2, 0) is 0 Å². The summed E-state index contributed by atoms with van der Waals surface area (Å²) in [6.07, 6.45) is 0.889. The van der Waals surface area contributed by atoms with E-state index in [1.54, 1.807) is 49.8 Å². The van der Waals surface area contributed by atoms with Crippen molar-refractivity contribution < 1.29 is 38.0 Å². The third kappa shape index (κ3) is 13.0. The predicted octanol–water partition coefficient (Wildman–Crippen LogP) is 26.8. The number of hydrogen-bond donors (Lipinski definition) is 0. The molecule has 18 aromatic carbocycles. The maximum atomic E-state index is 11.8. The Morgan fingerprint density at radius 3 is 0.562 bits per heavy atom. The van der Waals surface area contributed by atoms with E-state index in [0.29, 0.717) is 5.56 Å². The van der Waals surface area contributed by atoms with E-state index in [4.69, 9.17) is 33.2 Å². The molecule has 0 spiro atoms. The van der Waals surface area contributed by atoms with E-state index in [0.717, 1.165) is 211 Å². The Balaban J connectivity index is 0.000000166. The molecule has 18 rings (SSSR count). The molecule has 8 heteroatoms. The second-order valence-corrected chi connectivity index (χ2v) is 27.7. The van der Waals surface area contributed by atoms with E-state index >= 15 is 0 Å². The van der Waals surface area contributed by atoms with E-state index in [9.17, 15) is 4.79 Å². The van der Waals surface area contributed by atoms with Gasteiger partial charge < -0.3 is 33.2 Å². The number of benzene rings is 18. The molecular weight excluding hydrogens is 1380 g/mol. The van der Waals surface area contributed by atoms with Crippen molar-refractivity contribution >= 4 is 70.9 Å². The molecule has 0 aliphatic rings. The van der Waals surface area contributed by atoms with Gasteiger partial charge in [0.2, 0.25) is 0 Å². The van der Waals surface area contributed by atoms with Crippen LogP contribution >= 0.6 is 0 Å². The molecule has 0 saturated carbocycles. The molecule has 8 nitrogen and oxygen atoms in total. The van der Waals surface area contributed by atoms with Crippen LogP contribution in [0.2, 0.25) is 0 Å². The highest BCUT2D eigenvalue weighted by Crippen LogP contribution is 2.58. The zero-order valence-electron chi connectivity index (χ0n) is 63.2. The van der Waals surface area contributed by atoms with Crippen molar-refractivity contribution in [2.75, 3.05) is 49.8 Å². The van der Waals surface area contributed by atoms with Crippen molar-refractivity contribution in [3.05, 3.63) is 345 Å². The topological polar surface area (TPSA) is 81.7 Å². The minimum Gasteiger partial charge on any atom is -0.497 e. The lowest BCUT2D eigenvalue weighted by Crippen LogP contribution is -1.99. The molecule has 0 saturated heterocycles. The van der Waals surface area contributed by atoms with Crippen LogP contribution in [0.15, 0.2) is 340 Å². The van der Waals surface area contributed by atoms with E-state index < -0.39 is 0 Å². The van der Waals surface area contributed by atoms with Gasteiger partial charge in [0.25, 0.3) is 0 Å². The van der Waals surface area contributed by atoms with Crippen molar-refractivity contribution in [1.29, 1.82) is 0 Å². The Morgan fingerprint density at radius 1 is 0.170 bits per heavy atom. The summed E-state index contributed by atoms with van der Waals surface area (Å²) in [5.41, 5.74) is 22.8. The smallest absolute Gasteiger partial charge is 0.150 e. The molecule has 18 aromatic rings. The second kappa shape index (κ2) is 30.8. The summed E-state index contributed by atoms with van der Waals surface area (Å²) in [6.45, 7) is 0. The summed E-state index contributed by atoms with van der Waals surface area (Å²) < 4.78 is 40.8. The van der Waals surface area contributed by atoms with Crippen LogP contribution in [0.5, 0.6) is 40.2 Å². The first-order valence-corrected chi connectivity index (χ1v) is 37.3.